The number of unbranched alkanes of at least 4 members (excludes halogenated alkanes) is 3. The third kappa shape index (κ3) is 6.99. The maximum Gasteiger partial charge on any atom is 0.238 e. The fourth-order valence-electron chi connectivity index (χ4n) is 3.30. The molecule has 0 radical (unpaired) electrons. The zero-order valence-electron chi connectivity index (χ0n) is 19.4. The summed E-state index contributed by atoms with van der Waals surface area (Å²) in [5.41, 5.74) is 1.27. The highest BCUT2D eigenvalue weighted by atomic mass is 32.2. The standard InChI is InChI=1S/C25H31N3O4S/c1-4-5-6-9-16-32-19-14-12-18(13-15-19)26-24(30)22-17-23(29)28(2)25(33-22)27-20-10-7-8-11-21(20)31-3/h7-8,10-15,22H,4-6,9,16-17H2,1-3H3,(H,26,30). The summed E-state index contributed by atoms with van der Waals surface area (Å²) in [7, 11) is 3.24. The minimum atomic E-state index is -0.573. The Morgan fingerprint density at radius 3 is 2.64 bits per heavy atom. The van der Waals surface area contributed by atoms with Crippen LogP contribution in [0.5, 0.6) is 11.5 Å². The van der Waals surface area contributed by atoms with Crippen molar-refractivity contribution in [3.8, 4) is 11.5 Å². The van der Waals surface area contributed by atoms with Gasteiger partial charge in [0, 0.05) is 19.2 Å². The number of nitrogens with zero attached hydrogens (tertiary/aromatic N) is 2. The SMILES string of the molecule is CCCCCCOc1ccc(NC(=O)C2CC(=O)N(C)C(=Nc3ccccc3OC)S2)cc1. The lowest BCUT2D eigenvalue weighted by molar-refractivity contribution is -0.128. The third-order valence-electron chi connectivity index (χ3n) is 5.25. The number of thioether (sulfide) groups is 1. The summed E-state index contributed by atoms with van der Waals surface area (Å²) in [6.45, 7) is 2.87. The second-order valence-corrected chi connectivity index (χ2v) is 8.92. The van der Waals surface area contributed by atoms with E-state index in [-0.39, 0.29) is 18.2 Å². The molecule has 1 saturated heterocycles. The number of ether oxygens (including phenoxy) is 2. The van der Waals surface area contributed by atoms with Crippen LogP contribution in [0.25, 0.3) is 0 Å². The molecule has 8 heteroatoms. The van der Waals surface area contributed by atoms with Crippen LogP contribution in [0, 0.1) is 0 Å². The van der Waals surface area contributed by atoms with Crippen molar-refractivity contribution in [1.29, 1.82) is 0 Å². The van der Waals surface area contributed by atoms with Crippen molar-refractivity contribution < 1.29 is 19.1 Å². The van der Waals surface area contributed by atoms with Gasteiger partial charge in [-0.05, 0) is 42.8 Å². The molecular weight excluding hydrogens is 438 g/mol. The van der Waals surface area contributed by atoms with Crippen LogP contribution in [-0.2, 0) is 9.59 Å². The van der Waals surface area contributed by atoms with Crippen molar-refractivity contribution in [2.45, 2.75) is 44.3 Å². The number of hydrogen-bond acceptors (Lipinski definition) is 6. The van der Waals surface area contributed by atoms with Crippen LogP contribution in [0.15, 0.2) is 53.5 Å². The number of carbonyl (C=O) groups excluding carboxylic acids is 2. The average molecular weight is 470 g/mol. The predicted molar refractivity (Wildman–Crippen MR) is 134 cm³/mol. The van der Waals surface area contributed by atoms with E-state index in [9.17, 15) is 9.59 Å². The summed E-state index contributed by atoms with van der Waals surface area (Å²) in [4.78, 5) is 31.5. The summed E-state index contributed by atoms with van der Waals surface area (Å²) < 4.78 is 11.1. The van der Waals surface area contributed by atoms with Crippen molar-refractivity contribution in [2.75, 3.05) is 26.1 Å². The quantitative estimate of drug-likeness (QED) is 0.481. The highest BCUT2D eigenvalue weighted by molar-refractivity contribution is 8.15. The monoisotopic (exact) mass is 469 g/mol. The van der Waals surface area contributed by atoms with Crippen LogP contribution >= 0.6 is 11.8 Å². The molecule has 0 saturated carbocycles. The van der Waals surface area contributed by atoms with Gasteiger partial charge >= 0.3 is 0 Å². The largest absolute Gasteiger partial charge is 0.494 e. The van der Waals surface area contributed by atoms with Gasteiger partial charge in [0.1, 0.15) is 22.4 Å². The molecule has 2 aromatic rings. The number of methoxy groups -OCH3 is 1. The first-order valence-electron chi connectivity index (χ1n) is 11.2. The zero-order valence-corrected chi connectivity index (χ0v) is 20.2. The van der Waals surface area contributed by atoms with Gasteiger partial charge in [0.25, 0.3) is 0 Å². The number of hydrogen-bond donors (Lipinski definition) is 1. The van der Waals surface area contributed by atoms with Gasteiger partial charge < -0.3 is 14.8 Å². The van der Waals surface area contributed by atoms with E-state index in [0.717, 1.165) is 12.2 Å². The summed E-state index contributed by atoms with van der Waals surface area (Å²) in [6.07, 6.45) is 4.73. The number of amides is 2. The molecule has 0 aromatic heterocycles. The number of para-hydroxylation sites is 2. The molecule has 0 spiro atoms. The maximum absolute atomic E-state index is 12.9. The van der Waals surface area contributed by atoms with E-state index in [4.69, 9.17) is 9.47 Å². The third-order valence-corrected chi connectivity index (χ3v) is 6.49. The predicted octanol–water partition coefficient (Wildman–Crippen LogP) is 5.24. The van der Waals surface area contributed by atoms with Crippen LogP contribution < -0.4 is 14.8 Å². The highest BCUT2D eigenvalue weighted by Gasteiger charge is 2.34. The van der Waals surface area contributed by atoms with Gasteiger partial charge in [-0.3, -0.25) is 14.5 Å². The Morgan fingerprint density at radius 1 is 1.15 bits per heavy atom. The molecule has 33 heavy (non-hydrogen) atoms. The molecule has 0 bridgehead atoms. The van der Waals surface area contributed by atoms with Crippen molar-refractivity contribution in [2.24, 2.45) is 4.99 Å². The van der Waals surface area contributed by atoms with Crippen LogP contribution in [0.4, 0.5) is 11.4 Å². The van der Waals surface area contributed by atoms with E-state index < -0.39 is 5.25 Å². The summed E-state index contributed by atoms with van der Waals surface area (Å²) in [5, 5.41) is 2.79. The molecule has 1 aliphatic heterocycles. The number of rotatable bonds is 10. The lowest BCUT2D eigenvalue weighted by Gasteiger charge is -2.29. The Balaban J connectivity index is 1.61. The molecule has 1 fully saturated rings. The Morgan fingerprint density at radius 2 is 1.91 bits per heavy atom. The molecule has 0 aliphatic carbocycles. The summed E-state index contributed by atoms with van der Waals surface area (Å²) >= 11 is 1.27. The Bertz CT molecular complexity index is 978. The van der Waals surface area contributed by atoms with Crippen LogP contribution in [-0.4, -0.2) is 47.9 Å². The zero-order chi connectivity index (χ0) is 23.6. The van der Waals surface area contributed by atoms with Crippen LogP contribution in [0.3, 0.4) is 0 Å². The van der Waals surface area contributed by atoms with E-state index in [1.54, 1.807) is 20.2 Å². The minimum Gasteiger partial charge on any atom is -0.494 e. The number of benzene rings is 2. The molecule has 1 heterocycles. The van der Waals surface area contributed by atoms with E-state index in [1.807, 2.05) is 42.5 Å². The Kier molecular flexibility index (Phi) is 9.18. The first kappa shape index (κ1) is 24.6. The smallest absolute Gasteiger partial charge is 0.238 e. The topological polar surface area (TPSA) is 80.2 Å². The number of nitrogens with one attached hydrogen (secondary N) is 1. The molecule has 7 nitrogen and oxygen atoms in total. The lowest BCUT2D eigenvalue weighted by Crippen LogP contribution is -2.43. The number of aliphatic imine (C=N–C) groups is 1. The summed E-state index contributed by atoms with van der Waals surface area (Å²) in [5.74, 6) is 0.988. The first-order valence-corrected chi connectivity index (χ1v) is 12.1. The molecule has 1 aliphatic rings. The van der Waals surface area contributed by atoms with Crippen molar-refractivity contribution in [3.63, 3.8) is 0 Å². The van der Waals surface area contributed by atoms with Crippen molar-refractivity contribution in [3.05, 3.63) is 48.5 Å². The van der Waals surface area contributed by atoms with Gasteiger partial charge in [-0.2, -0.15) is 0 Å². The molecule has 1 atom stereocenters. The van der Waals surface area contributed by atoms with Gasteiger partial charge in [0.05, 0.1) is 13.7 Å². The van der Waals surface area contributed by atoms with Gasteiger partial charge in [0.15, 0.2) is 5.17 Å². The second kappa shape index (κ2) is 12.3. The number of amidine groups is 1. The molecule has 3 rings (SSSR count). The normalized spacial score (nSPS) is 17.2. The van der Waals surface area contributed by atoms with Gasteiger partial charge in [-0.1, -0.05) is 50.1 Å². The molecule has 2 aromatic carbocycles. The summed E-state index contributed by atoms with van der Waals surface area (Å²) in [6, 6.07) is 14.6. The first-order chi connectivity index (χ1) is 16.0. The van der Waals surface area contributed by atoms with E-state index in [2.05, 4.69) is 17.2 Å². The van der Waals surface area contributed by atoms with Gasteiger partial charge in [-0.25, -0.2) is 4.99 Å². The number of anilines is 1. The molecule has 1 unspecified atom stereocenters. The fraction of sp³-hybridized carbons (Fsp3) is 0.400. The molecule has 176 valence electrons. The van der Waals surface area contributed by atoms with Crippen molar-refractivity contribution in [1.82, 2.24) is 4.90 Å². The molecular formula is C25H31N3O4S. The average Bonchev–Trinajstić information content (AvgIpc) is 2.83. The Hall–Kier alpha value is -3.00. The fourth-order valence-corrected chi connectivity index (χ4v) is 4.36. The van der Waals surface area contributed by atoms with E-state index in [1.165, 1.54) is 35.9 Å². The van der Waals surface area contributed by atoms with E-state index in [0.29, 0.717) is 28.9 Å². The van der Waals surface area contributed by atoms with Gasteiger partial charge in [-0.15, -0.1) is 0 Å². The number of carbonyl (C=O) groups is 2. The van der Waals surface area contributed by atoms with E-state index >= 15 is 0 Å². The minimum absolute atomic E-state index is 0.108. The highest BCUT2D eigenvalue weighted by Crippen LogP contribution is 2.32. The second-order valence-electron chi connectivity index (χ2n) is 7.75. The lowest BCUT2D eigenvalue weighted by atomic mass is 10.2. The van der Waals surface area contributed by atoms with Crippen molar-refractivity contribution >= 4 is 40.1 Å². The van der Waals surface area contributed by atoms with Crippen LogP contribution in [0.2, 0.25) is 0 Å². The van der Waals surface area contributed by atoms with Crippen LogP contribution in [0.1, 0.15) is 39.0 Å². The maximum atomic E-state index is 12.9. The molecule has 1 N–H and O–H groups in total. The van der Waals surface area contributed by atoms with Gasteiger partial charge in [0.2, 0.25) is 11.8 Å². The Labute approximate surface area is 199 Å². The molecule has 2 amide bonds.